The number of fused-ring (bicyclic) bond motifs is 2. The van der Waals surface area contributed by atoms with Gasteiger partial charge in [0.1, 0.15) is 22.8 Å². The fourth-order valence-corrected chi connectivity index (χ4v) is 3.55. The zero-order valence-electron chi connectivity index (χ0n) is 12.0. The number of aromatic amines is 2. The van der Waals surface area contributed by atoms with Crippen LogP contribution in [-0.2, 0) is 9.84 Å². The molecule has 0 atom stereocenters. The molecule has 0 amide bonds. The first-order valence-corrected chi connectivity index (χ1v) is 8.60. The zero-order valence-corrected chi connectivity index (χ0v) is 12.8. The molecule has 116 valence electrons. The van der Waals surface area contributed by atoms with E-state index in [2.05, 4.69) is 25.1 Å². The van der Waals surface area contributed by atoms with Gasteiger partial charge in [0.15, 0.2) is 9.84 Å². The molecule has 0 aliphatic rings. The van der Waals surface area contributed by atoms with Gasteiger partial charge < -0.3 is 10.7 Å². The first-order valence-electron chi connectivity index (χ1n) is 6.71. The van der Waals surface area contributed by atoms with Gasteiger partial charge in [0.2, 0.25) is 0 Å². The number of hydrogen-bond donors (Lipinski definition) is 3. The van der Waals surface area contributed by atoms with E-state index in [4.69, 9.17) is 5.73 Å². The van der Waals surface area contributed by atoms with Gasteiger partial charge in [-0.3, -0.25) is 5.10 Å². The van der Waals surface area contributed by atoms with Crippen LogP contribution in [0.25, 0.3) is 33.1 Å². The Morgan fingerprint density at radius 1 is 1.22 bits per heavy atom. The molecule has 0 spiro atoms. The number of anilines is 1. The summed E-state index contributed by atoms with van der Waals surface area (Å²) in [5.74, 6) is 0.225. The first kappa shape index (κ1) is 13.7. The van der Waals surface area contributed by atoms with E-state index in [0.717, 1.165) is 17.2 Å². The number of nitrogens with zero attached hydrogens (tertiary/aromatic N) is 3. The van der Waals surface area contributed by atoms with Gasteiger partial charge in [-0.1, -0.05) is 6.07 Å². The monoisotopic (exact) mass is 328 g/mol. The van der Waals surface area contributed by atoms with Crippen molar-refractivity contribution in [2.45, 2.75) is 5.03 Å². The number of nitrogens with one attached hydrogen (secondary N) is 2. The Morgan fingerprint density at radius 3 is 2.83 bits per heavy atom. The number of sulfone groups is 1. The minimum absolute atomic E-state index is 0.0718. The predicted molar refractivity (Wildman–Crippen MR) is 86.5 cm³/mol. The SMILES string of the molecule is CS(=O)(=O)c1[nH]c2ncnc(N)c2c1-c1ccc2[nH]ncc2c1. The molecule has 23 heavy (non-hydrogen) atoms. The standard InChI is InChI=1S/C14H12N6O2S/c1-23(21,22)14-10(11-12(15)16-6-17-13(11)19-14)7-2-3-9-8(4-7)5-18-20-9/h2-6H,1H3,(H,18,20)(H3,15,16,17,19). The third-order valence-electron chi connectivity index (χ3n) is 3.69. The number of aromatic nitrogens is 5. The Bertz CT molecular complexity index is 1160. The molecule has 0 fully saturated rings. The van der Waals surface area contributed by atoms with Crippen LogP contribution in [0.4, 0.5) is 5.82 Å². The topological polar surface area (TPSA) is 130 Å². The van der Waals surface area contributed by atoms with E-state index >= 15 is 0 Å². The molecule has 9 heteroatoms. The fraction of sp³-hybridized carbons (Fsp3) is 0.0714. The number of benzene rings is 1. The number of nitrogens with two attached hydrogens (primary N) is 1. The van der Waals surface area contributed by atoms with Crippen molar-refractivity contribution < 1.29 is 8.42 Å². The van der Waals surface area contributed by atoms with E-state index in [9.17, 15) is 8.42 Å². The molecule has 0 radical (unpaired) electrons. The summed E-state index contributed by atoms with van der Waals surface area (Å²) < 4.78 is 24.4. The Kier molecular flexibility index (Phi) is 2.70. The molecule has 0 saturated carbocycles. The third-order valence-corrected chi connectivity index (χ3v) is 4.73. The summed E-state index contributed by atoms with van der Waals surface area (Å²) in [5, 5.41) is 8.27. The van der Waals surface area contributed by atoms with E-state index in [-0.39, 0.29) is 10.8 Å². The first-order chi connectivity index (χ1) is 10.9. The van der Waals surface area contributed by atoms with E-state index < -0.39 is 9.84 Å². The highest BCUT2D eigenvalue weighted by Crippen LogP contribution is 2.37. The zero-order chi connectivity index (χ0) is 16.2. The number of rotatable bonds is 2. The van der Waals surface area contributed by atoms with E-state index in [1.54, 1.807) is 6.20 Å². The molecule has 4 aromatic rings. The summed E-state index contributed by atoms with van der Waals surface area (Å²) >= 11 is 0. The van der Waals surface area contributed by atoms with E-state index in [0.29, 0.717) is 22.2 Å². The van der Waals surface area contributed by atoms with Crippen molar-refractivity contribution in [3.8, 4) is 11.1 Å². The number of hydrogen-bond acceptors (Lipinski definition) is 6. The fourth-order valence-electron chi connectivity index (χ4n) is 2.68. The van der Waals surface area contributed by atoms with Gasteiger partial charge >= 0.3 is 0 Å². The van der Waals surface area contributed by atoms with Crippen molar-refractivity contribution in [2.75, 3.05) is 12.0 Å². The summed E-state index contributed by atoms with van der Waals surface area (Å²) in [5.41, 5.74) is 8.38. The van der Waals surface area contributed by atoms with Gasteiger partial charge in [0.05, 0.1) is 17.1 Å². The molecule has 3 heterocycles. The van der Waals surface area contributed by atoms with E-state index in [1.165, 1.54) is 6.33 Å². The Labute approximate surface area is 130 Å². The Hall–Kier alpha value is -2.94. The average molecular weight is 328 g/mol. The van der Waals surface area contributed by atoms with Gasteiger partial charge in [0.25, 0.3) is 0 Å². The maximum Gasteiger partial charge on any atom is 0.191 e. The van der Waals surface area contributed by atoms with Gasteiger partial charge in [-0.2, -0.15) is 5.10 Å². The summed E-state index contributed by atoms with van der Waals surface area (Å²) in [4.78, 5) is 10.9. The van der Waals surface area contributed by atoms with Crippen LogP contribution >= 0.6 is 0 Å². The lowest BCUT2D eigenvalue weighted by molar-refractivity contribution is 0.599. The molecular weight excluding hydrogens is 316 g/mol. The smallest absolute Gasteiger partial charge is 0.191 e. The average Bonchev–Trinajstić information content (AvgIpc) is 3.10. The summed E-state index contributed by atoms with van der Waals surface area (Å²) in [6.07, 6.45) is 4.11. The largest absolute Gasteiger partial charge is 0.383 e. The summed E-state index contributed by atoms with van der Waals surface area (Å²) in [7, 11) is -3.50. The minimum atomic E-state index is -3.50. The second-order valence-corrected chi connectivity index (χ2v) is 7.21. The molecule has 4 rings (SSSR count). The maximum absolute atomic E-state index is 12.2. The van der Waals surface area contributed by atoms with Crippen LogP contribution in [0.1, 0.15) is 0 Å². The van der Waals surface area contributed by atoms with Gasteiger partial charge in [-0.05, 0) is 17.7 Å². The highest BCUT2D eigenvalue weighted by molar-refractivity contribution is 7.90. The van der Waals surface area contributed by atoms with Crippen LogP contribution < -0.4 is 5.73 Å². The quantitative estimate of drug-likeness (QED) is 0.511. The lowest BCUT2D eigenvalue weighted by Crippen LogP contribution is -1.99. The van der Waals surface area contributed by atoms with Crippen molar-refractivity contribution in [3.63, 3.8) is 0 Å². The van der Waals surface area contributed by atoms with Crippen LogP contribution in [0.2, 0.25) is 0 Å². The van der Waals surface area contributed by atoms with Crippen LogP contribution in [0.3, 0.4) is 0 Å². The summed E-state index contributed by atoms with van der Waals surface area (Å²) in [6, 6.07) is 5.50. The second kappa shape index (κ2) is 4.53. The van der Waals surface area contributed by atoms with Gasteiger partial charge in [-0.15, -0.1) is 0 Å². The molecule has 0 saturated heterocycles. The van der Waals surface area contributed by atoms with Crippen molar-refractivity contribution in [2.24, 2.45) is 0 Å². The molecule has 0 aliphatic carbocycles. The van der Waals surface area contributed by atoms with Crippen molar-refractivity contribution in [1.29, 1.82) is 0 Å². The van der Waals surface area contributed by atoms with Crippen molar-refractivity contribution >= 4 is 37.6 Å². The molecule has 1 aromatic carbocycles. The molecule has 0 bridgehead atoms. The number of nitrogen functional groups attached to an aromatic ring is 1. The Balaban J connectivity index is 2.15. The van der Waals surface area contributed by atoms with Gasteiger partial charge in [-0.25, -0.2) is 18.4 Å². The third kappa shape index (κ3) is 2.05. The normalized spacial score (nSPS) is 12.2. The van der Waals surface area contributed by atoms with Crippen LogP contribution in [-0.4, -0.2) is 39.8 Å². The Morgan fingerprint density at radius 2 is 2.04 bits per heavy atom. The van der Waals surface area contributed by atoms with Crippen LogP contribution in [0, 0.1) is 0 Å². The molecule has 0 unspecified atom stereocenters. The highest BCUT2D eigenvalue weighted by Gasteiger charge is 2.23. The molecular formula is C14H12N6O2S. The molecule has 4 N–H and O–H groups in total. The second-order valence-electron chi connectivity index (χ2n) is 5.26. The molecule has 0 aliphatic heterocycles. The summed E-state index contributed by atoms with van der Waals surface area (Å²) in [6.45, 7) is 0. The molecule has 8 nitrogen and oxygen atoms in total. The minimum Gasteiger partial charge on any atom is -0.383 e. The number of H-pyrrole nitrogens is 2. The van der Waals surface area contributed by atoms with Crippen LogP contribution in [0.15, 0.2) is 35.7 Å². The predicted octanol–water partition coefficient (Wildman–Crippen LogP) is 1.49. The lowest BCUT2D eigenvalue weighted by Gasteiger charge is -2.05. The molecule has 3 aromatic heterocycles. The maximum atomic E-state index is 12.2. The van der Waals surface area contributed by atoms with Crippen molar-refractivity contribution in [1.82, 2.24) is 25.1 Å². The van der Waals surface area contributed by atoms with Gasteiger partial charge in [0, 0.05) is 17.2 Å². The highest BCUT2D eigenvalue weighted by atomic mass is 32.2. The van der Waals surface area contributed by atoms with Crippen LogP contribution in [0.5, 0.6) is 0 Å². The van der Waals surface area contributed by atoms with E-state index in [1.807, 2.05) is 18.2 Å². The lowest BCUT2D eigenvalue weighted by atomic mass is 10.0. The van der Waals surface area contributed by atoms with Crippen molar-refractivity contribution in [3.05, 3.63) is 30.7 Å².